The topological polar surface area (TPSA) is 37.8 Å². The normalized spacial score (nSPS) is 9.40. The monoisotopic (exact) mass is 157 g/mol. The zero-order valence-electron chi connectivity index (χ0n) is 5.63. The SMILES string of the molecule is CCNc1ncncc1Cl. The van der Waals surface area contributed by atoms with Crippen LogP contribution in [0.2, 0.25) is 5.02 Å². The molecule has 1 rings (SSSR count). The van der Waals surface area contributed by atoms with E-state index in [1.165, 1.54) is 6.33 Å². The lowest BCUT2D eigenvalue weighted by Crippen LogP contribution is -1.99. The van der Waals surface area contributed by atoms with Crippen LogP contribution in [0, 0.1) is 0 Å². The van der Waals surface area contributed by atoms with Crippen LogP contribution in [-0.2, 0) is 0 Å². The van der Waals surface area contributed by atoms with Crippen LogP contribution in [-0.4, -0.2) is 16.5 Å². The van der Waals surface area contributed by atoms with Gasteiger partial charge in [0.25, 0.3) is 0 Å². The first kappa shape index (κ1) is 7.28. The number of nitrogens with zero attached hydrogens (tertiary/aromatic N) is 2. The van der Waals surface area contributed by atoms with Crippen molar-refractivity contribution in [2.75, 3.05) is 11.9 Å². The van der Waals surface area contributed by atoms with Gasteiger partial charge in [-0.1, -0.05) is 11.6 Å². The van der Waals surface area contributed by atoms with E-state index in [4.69, 9.17) is 11.6 Å². The molecule has 0 unspecified atom stereocenters. The first-order chi connectivity index (χ1) is 4.84. The Morgan fingerprint density at radius 1 is 1.70 bits per heavy atom. The number of halogens is 1. The molecule has 0 radical (unpaired) electrons. The molecule has 54 valence electrons. The molecule has 4 heteroatoms. The molecule has 1 aromatic heterocycles. The van der Waals surface area contributed by atoms with Crippen molar-refractivity contribution in [1.82, 2.24) is 9.97 Å². The van der Waals surface area contributed by atoms with Gasteiger partial charge < -0.3 is 5.32 Å². The van der Waals surface area contributed by atoms with Crippen LogP contribution in [0.5, 0.6) is 0 Å². The van der Waals surface area contributed by atoms with Crippen molar-refractivity contribution < 1.29 is 0 Å². The van der Waals surface area contributed by atoms with Gasteiger partial charge in [0.15, 0.2) is 0 Å². The smallest absolute Gasteiger partial charge is 0.148 e. The van der Waals surface area contributed by atoms with Crippen molar-refractivity contribution in [2.24, 2.45) is 0 Å². The summed E-state index contributed by atoms with van der Waals surface area (Å²) < 4.78 is 0. The van der Waals surface area contributed by atoms with Gasteiger partial charge in [-0.15, -0.1) is 0 Å². The maximum atomic E-state index is 5.72. The lowest BCUT2D eigenvalue weighted by molar-refractivity contribution is 1.11. The third-order valence-corrected chi connectivity index (χ3v) is 1.29. The Balaban J connectivity index is 2.81. The fourth-order valence-corrected chi connectivity index (χ4v) is 0.782. The second-order valence-corrected chi connectivity index (χ2v) is 2.16. The van der Waals surface area contributed by atoms with Gasteiger partial charge in [-0.05, 0) is 6.92 Å². The Labute approximate surface area is 64.5 Å². The summed E-state index contributed by atoms with van der Waals surface area (Å²) in [6, 6.07) is 0. The Kier molecular flexibility index (Phi) is 2.45. The van der Waals surface area contributed by atoms with E-state index in [2.05, 4.69) is 15.3 Å². The summed E-state index contributed by atoms with van der Waals surface area (Å²) in [5.41, 5.74) is 0. The lowest BCUT2D eigenvalue weighted by atomic mass is 10.5. The van der Waals surface area contributed by atoms with E-state index in [1.54, 1.807) is 6.20 Å². The van der Waals surface area contributed by atoms with Crippen LogP contribution in [0.25, 0.3) is 0 Å². The van der Waals surface area contributed by atoms with Crippen LogP contribution >= 0.6 is 11.6 Å². The van der Waals surface area contributed by atoms with Gasteiger partial charge in [0.2, 0.25) is 0 Å². The molecule has 0 atom stereocenters. The zero-order valence-corrected chi connectivity index (χ0v) is 6.39. The van der Waals surface area contributed by atoms with Crippen molar-refractivity contribution in [1.29, 1.82) is 0 Å². The van der Waals surface area contributed by atoms with Crippen LogP contribution < -0.4 is 5.32 Å². The van der Waals surface area contributed by atoms with Crippen LogP contribution in [0.1, 0.15) is 6.92 Å². The summed E-state index contributed by atoms with van der Waals surface area (Å²) in [4.78, 5) is 7.66. The Morgan fingerprint density at radius 3 is 3.10 bits per heavy atom. The summed E-state index contributed by atoms with van der Waals surface area (Å²) in [5, 5.41) is 3.55. The summed E-state index contributed by atoms with van der Waals surface area (Å²) in [5.74, 6) is 0.694. The Hall–Kier alpha value is -0.830. The van der Waals surface area contributed by atoms with Crippen LogP contribution in [0.15, 0.2) is 12.5 Å². The molecule has 10 heavy (non-hydrogen) atoms. The number of hydrogen-bond acceptors (Lipinski definition) is 3. The second kappa shape index (κ2) is 3.37. The molecule has 0 bridgehead atoms. The first-order valence-electron chi connectivity index (χ1n) is 3.04. The highest BCUT2D eigenvalue weighted by molar-refractivity contribution is 6.32. The predicted octanol–water partition coefficient (Wildman–Crippen LogP) is 1.56. The van der Waals surface area contributed by atoms with E-state index >= 15 is 0 Å². The molecule has 3 nitrogen and oxygen atoms in total. The van der Waals surface area contributed by atoms with Crippen molar-refractivity contribution in [3.8, 4) is 0 Å². The van der Waals surface area contributed by atoms with Gasteiger partial charge in [0.05, 0.1) is 6.20 Å². The molecule has 1 heterocycles. The molecule has 1 aromatic rings. The summed E-state index contributed by atoms with van der Waals surface area (Å²) in [7, 11) is 0. The highest BCUT2D eigenvalue weighted by atomic mass is 35.5. The Morgan fingerprint density at radius 2 is 2.50 bits per heavy atom. The Bertz CT molecular complexity index is 214. The number of rotatable bonds is 2. The third-order valence-electron chi connectivity index (χ3n) is 1.01. The van der Waals surface area contributed by atoms with E-state index < -0.39 is 0 Å². The molecule has 0 aromatic carbocycles. The van der Waals surface area contributed by atoms with Crippen molar-refractivity contribution in [3.05, 3.63) is 17.5 Å². The van der Waals surface area contributed by atoms with Crippen molar-refractivity contribution in [3.63, 3.8) is 0 Å². The first-order valence-corrected chi connectivity index (χ1v) is 3.41. The molecular formula is C6H8ClN3. The maximum Gasteiger partial charge on any atom is 0.148 e. The third kappa shape index (κ3) is 1.57. The summed E-state index contributed by atoms with van der Waals surface area (Å²) in [6.07, 6.45) is 3.02. The average molecular weight is 158 g/mol. The highest BCUT2D eigenvalue weighted by Gasteiger charge is 1.96. The summed E-state index contributed by atoms with van der Waals surface area (Å²) in [6.45, 7) is 2.80. The molecule has 0 aliphatic rings. The summed E-state index contributed by atoms with van der Waals surface area (Å²) >= 11 is 5.72. The minimum Gasteiger partial charge on any atom is -0.369 e. The quantitative estimate of drug-likeness (QED) is 0.708. The standard InChI is InChI=1S/C6H8ClN3/c1-2-9-6-5(7)3-8-4-10-6/h3-4H,2H2,1H3,(H,8,9,10). The molecule has 0 fully saturated rings. The lowest BCUT2D eigenvalue weighted by Gasteiger charge is -2.01. The zero-order chi connectivity index (χ0) is 7.40. The van der Waals surface area contributed by atoms with E-state index in [9.17, 15) is 0 Å². The van der Waals surface area contributed by atoms with Gasteiger partial charge in [-0.3, -0.25) is 0 Å². The van der Waals surface area contributed by atoms with E-state index in [1.807, 2.05) is 6.92 Å². The van der Waals surface area contributed by atoms with Crippen molar-refractivity contribution >= 4 is 17.4 Å². The highest BCUT2D eigenvalue weighted by Crippen LogP contribution is 2.14. The molecule has 0 saturated carbocycles. The molecular weight excluding hydrogens is 150 g/mol. The van der Waals surface area contributed by atoms with Crippen LogP contribution in [0.4, 0.5) is 5.82 Å². The minimum absolute atomic E-state index is 0.560. The predicted molar refractivity (Wildman–Crippen MR) is 41.2 cm³/mol. The molecule has 0 spiro atoms. The molecule has 0 saturated heterocycles. The maximum absolute atomic E-state index is 5.72. The van der Waals surface area contributed by atoms with E-state index in [0.717, 1.165) is 6.54 Å². The van der Waals surface area contributed by atoms with Gasteiger partial charge in [0.1, 0.15) is 17.2 Å². The van der Waals surface area contributed by atoms with E-state index in [0.29, 0.717) is 10.8 Å². The molecule has 0 aliphatic heterocycles. The van der Waals surface area contributed by atoms with Gasteiger partial charge >= 0.3 is 0 Å². The minimum atomic E-state index is 0.560. The molecule has 1 N–H and O–H groups in total. The fourth-order valence-electron chi connectivity index (χ4n) is 0.610. The second-order valence-electron chi connectivity index (χ2n) is 1.75. The average Bonchev–Trinajstić information content (AvgIpc) is 1.94. The van der Waals surface area contributed by atoms with E-state index in [-0.39, 0.29) is 0 Å². The van der Waals surface area contributed by atoms with Gasteiger partial charge in [-0.25, -0.2) is 9.97 Å². The van der Waals surface area contributed by atoms with Crippen molar-refractivity contribution in [2.45, 2.75) is 6.92 Å². The number of aromatic nitrogens is 2. The van der Waals surface area contributed by atoms with Crippen LogP contribution in [0.3, 0.4) is 0 Å². The fraction of sp³-hybridized carbons (Fsp3) is 0.333. The molecule has 0 amide bonds. The molecule has 0 aliphatic carbocycles. The number of nitrogens with one attached hydrogen (secondary N) is 1. The van der Waals surface area contributed by atoms with Gasteiger partial charge in [0, 0.05) is 6.54 Å². The largest absolute Gasteiger partial charge is 0.369 e. The number of hydrogen-bond donors (Lipinski definition) is 1. The van der Waals surface area contributed by atoms with Gasteiger partial charge in [-0.2, -0.15) is 0 Å². The number of anilines is 1.